The molecule has 2 N–H and O–H groups in total. The van der Waals surface area contributed by atoms with Crippen molar-refractivity contribution in [3.8, 4) is 5.75 Å². The zero-order valence-corrected chi connectivity index (χ0v) is 18.6. The Hall–Kier alpha value is -3.35. The number of carbonyl (C=O) groups excluding carboxylic acids is 1. The number of methoxy groups -OCH3 is 1. The number of fused-ring (bicyclic) bond motifs is 4. The number of carboxylic acid groups (broad SMARTS) is 1. The minimum Gasteiger partial charge on any atom is -0.496 e. The van der Waals surface area contributed by atoms with E-state index in [1.807, 2.05) is 12.1 Å². The average molecular weight is 451 g/mol. The standard InChI is InChI=1S/C26H27FN2O4/c1-33-24-4-2-3-15-5-6-16(11-19(15)24)26(32)28-18-8-10-23-21(13-18)20-12-17(27)7-9-22(20)29(23)14-25(30)31/h2-4,7,9,12,16,18H,5-6,8,10-11,13-14H2,1H3,(H,28,32)(H,30,31)/t16?,18-/m0/s1. The van der Waals surface area contributed by atoms with Gasteiger partial charge in [0.2, 0.25) is 5.91 Å². The number of carbonyl (C=O) groups is 2. The molecule has 1 amide bonds. The maximum Gasteiger partial charge on any atom is 0.323 e. The smallest absolute Gasteiger partial charge is 0.323 e. The Bertz CT molecular complexity index is 1230. The molecule has 1 unspecified atom stereocenters. The fraction of sp³-hybridized carbons (Fsp3) is 0.385. The summed E-state index contributed by atoms with van der Waals surface area (Å²) in [5.41, 5.74) is 4.96. The van der Waals surface area contributed by atoms with Crippen molar-refractivity contribution < 1.29 is 23.8 Å². The van der Waals surface area contributed by atoms with Crippen molar-refractivity contribution in [2.75, 3.05) is 7.11 Å². The van der Waals surface area contributed by atoms with Crippen LogP contribution in [0.1, 0.15) is 35.2 Å². The second-order valence-corrected chi connectivity index (χ2v) is 9.05. The van der Waals surface area contributed by atoms with Crippen LogP contribution in [0, 0.1) is 11.7 Å². The Labute approximate surface area is 191 Å². The van der Waals surface area contributed by atoms with Gasteiger partial charge in [-0.1, -0.05) is 12.1 Å². The normalized spacial score (nSPS) is 19.6. The molecule has 33 heavy (non-hydrogen) atoms. The zero-order valence-electron chi connectivity index (χ0n) is 18.6. The molecule has 0 radical (unpaired) electrons. The van der Waals surface area contributed by atoms with Gasteiger partial charge >= 0.3 is 5.97 Å². The highest BCUT2D eigenvalue weighted by Gasteiger charge is 2.31. The van der Waals surface area contributed by atoms with Crippen LogP contribution in [0.4, 0.5) is 4.39 Å². The summed E-state index contributed by atoms with van der Waals surface area (Å²) in [6.07, 6.45) is 4.25. The number of nitrogens with zero attached hydrogens (tertiary/aromatic N) is 1. The molecule has 0 spiro atoms. The first-order valence-electron chi connectivity index (χ1n) is 11.4. The van der Waals surface area contributed by atoms with Crippen LogP contribution >= 0.6 is 0 Å². The Kier molecular flexibility index (Phi) is 5.56. The van der Waals surface area contributed by atoms with E-state index in [1.165, 1.54) is 17.7 Å². The monoisotopic (exact) mass is 450 g/mol. The molecule has 0 aliphatic heterocycles. The lowest BCUT2D eigenvalue weighted by Crippen LogP contribution is -2.43. The highest BCUT2D eigenvalue weighted by atomic mass is 19.1. The molecule has 1 heterocycles. The molecule has 0 fully saturated rings. The molecule has 7 heteroatoms. The average Bonchev–Trinajstić information content (AvgIpc) is 3.09. The third-order valence-corrected chi connectivity index (χ3v) is 7.10. The fourth-order valence-corrected chi connectivity index (χ4v) is 5.55. The van der Waals surface area contributed by atoms with Gasteiger partial charge in [-0.3, -0.25) is 9.59 Å². The number of benzene rings is 2. The summed E-state index contributed by atoms with van der Waals surface area (Å²) in [7, 11) is 1.66. The Morgan fingerprint density at radius 2 is 2.00 bits per heavy atom. The lowest BCUT2D eigenvalue weighted by Gasteiger charge is -2.29. The number of aliphatic carboxylic acids is 1. The van der Waals surface area contributed by atoms with Crippen LogP contribution in [0.25, 0.3) is 10.9 Å². The van der Waals surface area contributed by atoms with Gasteiger partial charge in [0.15, 0.2) is 0 Å². The predicted molar refractivity (Wildman–Crippen MR) is 122 cm³/mol. The number of ether oxygens (including phenoxy) is 1. The number of aryl methyl sites for hydroxylation is 1. The lowest BCUT2D eigenvalue weighted by molar-refractivity contribution is -0.137. The summed E-state index contributed by atoms with van der Waals surface area (Å²) in [5, 5.41) is 13.3. The summed E-state index contributed by atoms with van der Waals surface area (Å²) < 4.78 is 21.3. The van der Waals surface area contributed by atoms with Crippen LogP contribution in [0.5, 0.6) is 5.75 Å². The van der Waals surface area contributed by atoms with Gasteiger partial charge in [-0.15, -0.1) is 0 Å². The highest BCUT2D eigenvalue weighted by Crippen LogP contribution is 2.35. The van der Waals surface area contributed by atoms with Crippen LogP contribution in [-0.2, 0) is 41.8 Å². The minimum absolute atomic E-state index is 0.0421. The van der Waals surface area contributed by atoms with Crippen LogP contribution in [0.2, 0.25) is 0 Å². The van der Waals surface area contributed by atoms with Gasteiger partial charge in [0.25, 0.3) is 0 Å². The number of aromatic nitrogens is 1. The number of carboxylic acids is 1. The molecule has 2 aromatic carbocycles. The van der Waals surface area contributed by atoms with Crippen molar-refractivity contribution in [3.63, 3.8) is 0 Å². The van der Waals surface area contributed by atoms with Gasteiger partial charge in [0.1, 0.15) is 18.1 Å². The van der Waals surface area contributed by atoms with Crippen molar-refractivity contribution in [2.45, 2.75) is 51.1 Å². The van der Waals surface area contributed by atoms with Crippen molar-refractivity contribution >= 4 is 22.8 Å². The van der Waals surface area contributed by atoms with Crippen molar-refractivity contribution in [2.24, 2.45) is 5.92 Å². The molecule has 1 aromatic heterocycles. The maximum absolute atomic E-state index is 14.0. The maximum atomic E-state index is 14.0. The quantitative estimate of drug-likeness (QED) is 0.622. The van der Waals surface area contributed by atoms with Gasteiger partial charge in [-0.25, -0.2) is 4.39 Å². The SMILES string of the molecule is COc1cccc2c1CC(C(=O)N[C@H]1CCc3c(c4cc(F)ccc4n3CC(=O)O)C1)CC2. The summed E-state index contributed by atoms with van der Waals surface area (Å²) in [6, 6.07) is 10.4. The minimum atomic E-state index is -0.928. The Balaban J connectivity index is 1.36. The molecule has 5 rings (SSSR count). The largest absolute Gasteiger partial charge is 0.496 e. The predicted octanol–water partition coefficient (Wildman–Crippen LogP) is 3.65. The molecule has 2 atom stereocenters. The molecule has 172 valence electrons. The van der Waals surface area contributed by atoms with E-state index in [1.54, 1.807) is 17.7 Å². The topological polar surface area (TPSA) is 80.6 Å². The fourth-order valence-electron chi connectivity index (χ4n) is 5.55. The van der Waals surface area contributed by atoms with Crippen molar-refractivity contribution in [1.29, 1.82) is 0 Å². The summed E-state index contributed by atoms with van der Waals surface area (Å²) in [6.45, 7) is -0.155. The summed E-state index contributed by atoms with van der Waals surface area (Å²) in [4.78, 5) is 24.6. The number of hydrogen-bond donors (Lipinski definition) is 2. The van der Waals surface area contributed by atoms with Crippen LogP contribution < -0.4 is 10.1 Å². The van der Waals surface area contributed by atoms with E-state index >= 15 is 0 Å². The van der Waals surface area contributed by atoms with Gasteiger partial charge in [0, 0.05) is 28.6 Å². The molecule has 2 aliphatic rings. The van der Waals surface area contributed by atoms with Crippen molar-refractivity contribution in [3.05, 3.63) is 64.6 Å². The molecule has 0 saturated heterocycles. The number of amides is 1. The number of hydrogen-bond acceptors (Lipinski definition) is 3. The first kappa shape index (κ1) is 21.5. The Morgan fingerprint density at radius 3 is 2.79 bits per heavy atom. The molecule has 6 nitrogen and oxygen atoms in total. The van der Waals surface area contributed by atoms with Gasteiger partial charge < -0.3 is 19.7 Å². The molecular formula is C26H27FN2O4. The van der Waals surface area contributed by atoms with Crippen LogP contribution in [0.3, 0.4) is 0 Å². The van der Waals surface area contributed by atoms with E-state index < -0.39 is 5.97 Å². The molecule has 3 aromatic rings. The third-order valence-electron chi connectivity index (χ3n) is 7.10. The van der Waals surface area contributed by atoms with Gasteiger partial charge in [-0.05, 0) is 79.5 Å². The first-order chi connectivity index (χ1) is 15.9. The van der Waals surface area contributed by atoms with Crippen LogP contribution in [-0.4, -0.2) is 34.7 Å². The number of halogens is 1. The van der Waals surface area contributed by atoms with E-state index in [0.29, 0.717) is 19.3 Å². The second kappa shape index (κ2) is 8.54. The van der Waals surface area contributed by atoms with E-state index in [9.17, 15) is 19.1 Å². The van der Waals surface area contributed by atoms with E-state index in [0.717, 1.165) is 52.7 Å². The zero-order chi connectivity index (χ0) is 23.1. The van der Waals surface area contributed by atoms with Crippen LogP contribution in [0.15, 0.2) is 36.4 Å². The molecular weight excluding hydrogens is 423 g/mol. The van der Waals surface area contributed by atoms with Gasteiger partial charge in [0.05, 0.1) is 7.11 Å². The first-order valence-corrected chi connectivity index (χ1v) is 11.4. The molecule has 0 bridgehead atoms. The lowest BCUT2D eigenvalue weighted by atomic mass is 9.82. The Morgan fingerprint density at radius 1 is 1.15 bits per heavy atom. The van der Waals surface area contributed by atoms with E-state index in [2.05, 4.69) is 11.4 Å². The highest BCUT2D eigenvalue weighted by molar-refractivity contribution is 5.87. The number of nitrogens with one attached hydrogen (secondary N) is 1. The van der Waals surface area contributed by atoms with E-state index in [-0.39, 0.29) is 30.2 Å². The summed E-state index contributed by atoms with van der Waals surface area (Å²) >= 11 is 0. The van der Waals surface area contributed by atoms with Crippen molar-refractivity contribution in [1.82, 2.24) is 9.88 Å². The summed E-state index contributed by atoms with van der Waals surface area (Å²) in [5.74, 6) is -0.511. The van der Waals surface area contributed by atoms with Gasteiger partial charge in [-0.2, -0.15) is 0 Å². The number of rotatable bonds is 5. The molecule has 0 saturated carbocycles. The third kappa shape index (κ3) is 3.96. The second-order valence-electron chi connectivity index (χ2n) is 9.05. The van der Waals surface area contributed by atoms with E-state index in [4.69, 9.17) is 4.74 Å². The molecule has 2 aliphatic carbocycles.